The summed E-state index contributed by atoms with van der Waals surface area (Å²) in [7, 11) is 1.81. The topological polar surface area (TPSA) is 83.0 Å². The van der Waals surface area contributed by atoms with Gasteiger partial charge in [0.2, 0.25) is 11.8 Å². The summed E-state index contributed by atoms with van der Waals surface area (Å²) in [5.41, 5.74) is 3.31. The van der Waals surface area contributed by atoms with Crippen molar-refractivity contribution in [2.75, 3.05) is 26.7 Å². The van der Waals surface area contributed by atoms with Crippen molar-refractivity contribution in [3.63, 3.8) is 0 Å². The molecule has 182 valence electrons. The van der Waals surface area contributed by atoms with Gasteiger partial charge in [-0.25, -0.2) is 4.98 Å². The number of hydrogen-bond acceptors (Lipinski definition) is 5. The van der Waals surface area contributed by atoms with E-state index in [1.54, 1.807) is 16.0 Å². The third-order valence-electron chi connectivity index (χ3n) is 7.02. The van der Waals surface area contributed by atoms with E-state index in [0.717, 1.165) is 29.5 Å². The molecular formula is C27H35N3O4. The Morgan fingerprint density at radius 2 is 2.03 bits per heavy atom. The summed E-state index contributed by atoms with van der Waals surface area (Å²) in [5.74, 6) is 0.659. The van der Waals surface area contributed by atoms with E-state index in [1.807, 2.05) is 58.2 Å². The lowest BCUT2D eigenvalue weighted by Crippen LogP contribution is -2.50. The van der Waals surface area contributed by atoms with Gasteiger partial charge in [-0.2, -0.15) is 0 Å². The Morgan fingerprint density at radius 1 is 1.29 bits per heavy atom. The first-order valence-corrected chi connectivity index (χ1v) is 12.2. The van der Waals surface area contributed by atoms with Gasteiger partial charge in [-0.15, -0.1) is 0 Å². The molecule has 3 atom stereocenters. The number of aliphatic hydroxyl groups is 1. The number of aliphatic hydroxyl groups excluding tert-OH is 1. The van der Waals surface area contributed by atoms with Crippen molar-refractivity contribution in [1.82, 2.24) is 14.8 Å². The standard InChI is InChI=1S/C27H35N3O4/c1-17-7-5-6-8-22(17)21-12-23-26(28-13-21)34-24(15-29(4)25(32)11-20-9-10-20)18(2)14-30(27(23)33)19(3)16-31/h5-8,12-13,18-20,24,31H,9-11,14-16H2,1-4H3/t18-,19-,24+/m1/s1. The second-order valence-corrected chi connectivity index (χ2v) is 9.94. The van der Waals surface area contributed by atoms with Crippen molar-refractivity contribution in [1.29, 1.82) is 0 Å². The lowest BCUT2D eigenvalue weighted by molar-refractivity contribution is -0.131. The fraction of sp³-hybridized carbons (Fsp3) is 0.519. The van der Waals surface area contributed by atoms with Gasteiger partial charge in [-0.1, -0.05) is 31.2 Å². The summed E-state index contributed by atoms with van der Waals surface area (Å²) >= 11 is 0. The number of carbonyl (C=O) groups excluding carboxylic acids is 2. The SMILES string of the molecule is Cc1ccccc1-c1cnc2c(c1)C(=O)N([C@H](C)CO)C[C@@H](C)[C@H](CN(C)C(=O)CC1CC1)O2. The van der Waals surface area contributed by atoms with E-state index in [4.69, 9.17) is 4.74 Å². The number of amides is 2. The zero-order valence-corrected chi connectivity index (χ0v) is 20.5. The number of aryl methyl sites for hydroxylation is 1. The van der Waals surface area contributed by atoms with Crippen LogP contribution in [-0.2, 0) is 4.79 Å². The van der Waals surface area contributed by atoms with E-state index >= 15 is 0 Å². The summed E-state index contributed by atoms with van der Waals surface area (Å²) in [5, 5.41) is 9.85. The van der Waals surface area contributed by atoms with Crippen LogP contribution in [0.15, 0.2) is 36.5 Å². The van der Waals surface area contributed by atoms with E-state index in [9.17, 15) is 14.7 Å². The highest BCUT2D eigenvalue weighted by Crippen LogP contribution is 2.34. The first-order chi connectivity index (χ1) is 16.3. The average Bonchev–Trinajstić information content (AvgIpc) is 3.64. The summed E-state index contributed by atoms with van der Waals surface area (Å²) in [6.45, 7) is 6.58. The van der Waals surface area contributed by atoms with Gasteiger partial charge in [-0.3, -0.25) is 9.59 Å². The van der Waals surface area contributed by atoms with Gasteiger partial charge < -0.3 is 19.6 Å². The van der Waals surface area contributed by atoms with Crippen molar-refractivity contribution in [3.8, 4) is 17.0 Å². The molecule has 0 unspecified atom stereocenters. The molecule has 0 spiro atoms. The maximum Gasteiger partial charge on any atom is 0.259 e. The van der Waals surface area contributed by atoms with Crippen LogP contribution in [0.2, 0.25) is 0 Å². The molecule has 1 aliphatic carbocycles. The van der Waals surface area contributed by atoms with E-state index in [2.05, 4.69) is 4.98 Å². The predicted molar refractivity (Wildman–Crippen MR) is 131 cm³/mol. The Kier molecular flexibility index (Phi) is 7.22. The Morgan fingerprint density at radius 3 is 2.71 bits per heavy atom. The van der Waals surface area contributed by atoms with Crippen LogP contribution in [0.1, 0.15) is 49.0 Å². The van der Waals surface area contributed by atoms with E-state index in [0.29, 0.717) is 31.0 Å². The predicted octanol–water partition coefficient (Wildman–Crippen LogP) is 3.54. The van der Waals surface area contributed by atoms with E-state index < -0.39 is 0 Å². The number of benzene rings is 1. The summed E-state index contributed by atoms with van der Waals surface area (Å²) < 4.78 is 6.33. The largest absolute Gasteiger partial charge is 0.472 e. The molecule has 1 aromatic carbocycles. The Bertz CT molecular complexity index is 1050. The second kappa shape index (κ2) is 10.1. The minimum absolute atomic E-state index is 0.0554. The van der Waals surface area contributed by atoms with Gasteiger partial charge in [0.05, 0.1) is 19.2 Å². The molecule has 0 radical (unpaired) electrons. The third kappa shape index (κ3) is 5.25. The van der Waals surface area contributed by atoms with Gasteiger partial charge in [0.25, 0.3) is 5.91 Å². The van der Waals surface area contributed by atoms with Crippen LogP contribution in [0.5, 0.6) is 5.88 Å². The second-order valence-electron chi connectivity index (χ2n) is 9.94. The molecule has 2 amide bonds. The molecular weight excluding hydrogens is 430 g/mol. The quantitative estimate of drug-likeness (QED) is 0.676. The minimum Gasteiger partial charge on any atom is -0.472 e. The number of rotatable bonds is 7. The number of pyridine rings is 1. The minimum atomic E-state index is -0.349. The highest BCUT2D eigenvalue weighted by molar-refractivity contribution is 5.98. The van der Waals surface area contributed by atoms with Crippen molar-refractivity contribution in [2.24, 2.45) is 11.8 Å². The normalized spacial score (nSPS) is 21.2. The maximum absolute atomic E-state index is 13.6. The van der Waals surface area contributed by atoms with Crippen molar-refractivity contribution in [2.45, 2.75) is 52.2 Å². The highest BCUT2D eigenvalue weighted by atomic mass is 16.5. The molecule has 2 heterocycles. The van der Waals surface area contributed by atoms with Crippen LogP contribution in [0, 0.1) is 18.8 Å². The van der Waals surface area contributed by atoms with E-state index in [1.165, 1.54) is 0 Å². The third-order valence-corrected chi connectivity index (χ3v) is 7.02. The molecule has 0 bridgehead atoms. The van der Waals surface area contributed by atoms with Crippen molar-refractivity contribution < 1.29 is 19.4 Å². The number of likely N-dealkylation sites (N-methyl/N-ethyl adjacent to an activating group) is 1. The zero-order valence-electron chi connectivity index (χ0n) is 20.5. The molecule has 7 heteroatoms. The number of aromatic nitrogens is 1. The molecule has 1 aliphatic heterocycles. The molecule has 1 aromatic heterocycles. The lowest BCUT2D eigenvalue weighted by atomic mass is 9.98. The molecule has 0 saturated heterocycles. The smallest absolute Gasteiger partial charge is 0.259 e. The number of carbonyl (C=O) groups is 2. The number of ether oxygens (including phenoxy) is 1. The molecule has 7 nitrogen and oxygen atoms in total. The Balaban J connectivity index is 1.67. The van der Waals surface area contributed by atoms with E-state index in [-0.39, 0.29) is 42.4 Å². The van der Waals surface area contributed by atoms with Crippen LogP contribution in [0.25, 0.3) is 11.1 Å². The van der Waals surface area contributed by atoms with Crippen LogP contribution < -0.4 is 4.74 Å². The number of hydrogen-bond donors (Lipinski definition) is 1. The van der Waals surface area contributed by atoms with Gasteiger partial charge >= 0.3 is 0 Å². The molecule has 1 N–H and O–H groups in total. The first kappa shape index (κ1) is 24.2. The van der Waals surface area contributed by atoms with Gasteiger partial charge in [-0.05, 0) is 49.8 Å². The molecule has 34 heavy (non-hydrogen) atoms. The molecule has 4 rings (SSSR count). The summed E-state index contributed by atoms with van der Waals surface area (Å²) in [6, 6.07) is 9.45. The van der Waals surface area contributed by atoms with Crippen LogP contribution >= 0.6 is 0 Å². The van der Waals surface area contributed by atoms with Crippen molar-refractivity contribution in [3.05, 3.63) is 47.7 Å². The van der Waals surface area contributed by atoms with Crippen LogP contribution in [0.3, 0.4) is 0 Å². The highest BCUT2D eigenvalue weighted by Gasteiger charge is 2.35. The van der Waals surface area contributed by atoms with Gasteiger partial charge in [0, 0.05) is 37.7 Å². The molecule has 2 aliphatic rings. The Hall–Kier alpha value is -2.93. The van der Waals surface area contributed by atoms with Crippen LogP contribution in [-0.4, -0.2) is 70.6 Å². The molecule has 1 fully saturated rings. The zero-order chi connectivity index (χ0) is 24.4. The summed E-state index contributed by atoms with van der Waals surface area (Å²) in [6.07, 6.45) is 4.25. The van der Waals surface area contributed by atoms with Gasteiger partial charge in [0.1, 0.15) is 11.7 Å². The maximum atomic E-state index is 13.6. The van der Waals surface area contributed by atoms with Crippen LogP contribution in [0.4, 0.5) is 0 Å². The fourth-order valence-electron chi connectivity index (χ4n) is 4.46. The van der Waals surface area contributed by atoms with Crippen molar-refractivity contribution >= 4 is 11.8 Å². The number of fused-ring (bicyclic) bond motifs is 1. The summed E-state index contributed by atoms with van der Waals surface area (Å²) in [4.78, 5) is 34.2. The first-order valence-electron chi connectivity index (χ1n) is 12.2. The molecule has 1 saturated carbocycles. The molecule has 2 aromatic rings. The number of nitrogens with zero attached hydrogens (tertiary/aromatic N) is 3. The monoisotopic (exact) mass is 465 g/mol. The lowest BCUT2D eigenvalue weighted by Gasteiger charge is -2.37. The Labute approximate surface area is 201 Å². The average molecular weight is 466 g/mol. The fourth-order valence-corrected chi connectivity index (χ4v) is 4.46. The van der Waals surface area contributed by atoms with Gasteiger partial charge in [0.15, 0.2) is 0 Å².